The van der Waals surface area contributed by atoms with Crippen LogP contribution in [0.2, 0.25) is 0 Å². The predicted molar refractivity (Wildman–Crippen MR) is 62.7 cm³/mol. The summed E-state index contributed by atoms with van der Waals surface area (Å²) < 4.78 is 0. The van der Waals surface area contributed by atoms with Gasteiger partial charge in [0.2, 0.25) is 0 Å². The number of benzene rings is 1. The number of Topliss-reactive ketones (excluding diaryl/α,β-unsaturated/α-hetero) is 2. The maximum absolute atomic E-state index is 11.4. The summed E-state index contributed by atoms with van der Waals surface area (Å²) in [5, 5.41) is 0. The predicted octanol–water partition coefficient (Wildman–Crippen LogP) is 3.12. The van der Waals surface area contributed by atoms with Gasteiger partial charge < -0.3 is 0 Å². The molecule has 0 N–H and O–H groups in total. The van der Waals surface area contributed by atoms with Gasteiger partial charge in [-0.3, -0.25) is 9.59 Å². The van der Waals surface area contributed by atoms with Crippen LogP contribution < -0.4 is 0 Å². The Bertz CT molecular complexity index is 403. The molecule has 2 heteroatoms. The van der Waals surface area contributed by atoms with Crippen molar-refractivity contribution in [2.75, 3.05) is 0 Å². The Morgan fingerprint density at radius 1 is 1.25 bits per heavy atom. The number of carbonyl (C=O) groups is 2. The Kier molecular flexibility index (Phi) is 3.18. The van der Waals surface area contributed by atoms with Crippen molar-refractivity contribution in [3.05, 3.63) is 35.4 Å². The second-order valence-electron chi connectivity index (χ2n) is 4.51. The van der Waals surface area contributed by atoms with E-state index in [-0.39, 0.29) is 5.78 Å². The van der Waals surface area contributed by atoms with Crippen molar-refractivity contribution in [1.82, 2.24) is 0 Å². The van der Waals surface area contributed by atoms with Crippen LogP contribution in [0.15, 0.2) is 24.3 Å². The largest absolute Gasteiger partial charge is 0.300 e. The van der Waals surface area contributed by atoms with Gasteiger partial charge in [-0.25, -0.2) is 0 Å². The minimum atomic E-state index is 0.0891. The Labute approximate surface area is 95.7 Å². The Morgan fingerprint density at radius 3 is 2.50 bits per heavy atom. The molecule has 0 heterocycles. The van der Waals surface area contributed by atoms with Gasteiger partial charge in [-0.05, 0) is 31.2 Å². The van der Waals surface area contributed by atoms with Gasteiger partial charge in [0.25, 0.3) is 0 Å². The van der Waals surface area contributed by atoms with E-state index in [1.54, 1.807) is 6.92 Å². The summed E-state index contributed by atoms with van der Waals surface area (Å²) in [7, 11) is 0. The van der Waals surface area contributed by atoms with Crippen LogP contribution in [-0.4, -0.2) is 11.6 Å². The van der Waals surface area contributed by atoms with Crippen LogP contribution in [-0.2, 0) is 4.79 Å². The third-order valence-corrected chi connectivity index (χ3v) is 3.27. The molecule has 0 radical (unpaired) electrons. The number of hydrogen-bond acceptors (Lipinski definition) is 2. The summed E-state index contributed by atoms with van der Waals surface area (Å²) in [4.78, 5) is 22.5. The molecule has 0 aliphatic heterocycles. The smallest absolute Gasteiger partial charge is 0.159 e. The van der Waals surface area contributed by atoms with E-state index in [4.69, 9.17) is 0 Å². The Morgan fingerprint density at radius 2 is 1.94 bits per heavy atom. The van der Waals surface area contributed by atoms with Crippen molar-refractivity contribution in [2.45, 2.75) is 38.5 Å². The fourth-order valence-corrected chi connectivity index (χ4v) is 2.30. The highest BCUT2D eigenvalue weighted by atomic mass is 16.1. The molecule has 1 atom stereocenters. The Hall–Kier alpha value is -1.44. The first-order valence-corrected chi connectivity index (χ1v) is 5.79. The molecular weight excluding hydrogens is 200 g/mol. The summed E-state index contributed by atoms with van der Waals surface area (Å²) in [6.07, 6.45) is 3.49. The minimum absolute atomic E-state index is 0.0891. The molecule has 1 fully saturated rings. The van der Waals surface area contributed by atoms with Gasteiger partial charge >= 0.3 is 0 Å². The molecule has 1 saturated carbocycles. The first-order valence-electron chi connectivity index (χ1n) is 5.79. The molecule has 0 amide bonds. The molecule has 0 aromatic heterocycles. The van der Waals surface area contributed by atoms with Gasteiger partial charge in [0.05, 0.1) is 0 Å². The molecule has 2 nitrogen and oxygen atoms in total. The second kappa shape index (κ2) is 4.60. The topological polar surface area (TPSA) is 34.1 Å². The summed E-state index contributed by atoms with van der Waals surface area (Å²) in [5.74, 6) is 0.820. The highest BCUT2D eigenvalue weighted by Gasteiger charge is 2.20. The molecule has 2 rings (SSSR count). The van der Waals surface area contributed by atoms with Crippen LogP contribution in [0.3, 0.4) is 0 Å². The minimum Gasteiger partial charge on any atom is -0.300 e. The lowest BCUT2D eigenvalue weighted by Gasteiger charge is -2.21. The number of rotatable bonds is 2. The maximum atomic E-state index is 11.4. The highest BCUT2D eigenvalue weighted by Crippen LogP contribution is 2.30. The van der Waals surface area contributed by atoms with Crippen LogP contribution in [0.25, 0.3) is 0 Å². The molecule has 84 valence electrons. The fraction of sp³-hybridized carbons (Fsp3) is 0.429. The quantitative estimate of drug-likeness (QED) is 0.712. The summed E-state index contributed by atoms with van der Waals surface area (Å²) in [5.41, 5.74) is 1.93. The fourth-order valence-electron chi connectivity index (χ4n) is 2.30. The monoisotopic (exact) mass is 216 g/mol. The maximum Gasteiger partial charge on any atom is 0.159 e. The van der Waals surface area contributed by atoms with Gasteiger partial charge in [-0.2, -0.15) is 0 Å². The third-order valence-electron chi connectivity index (χ3n) is 3.27. The van der Waals surface area contributed by atoms with E-state index < -0.39 is 0 Å². The molecule has 1 aliphatic carbocycles. The van der Waals surface area contributed by atoms with Crippen molar-refractivity contribution in [3.63, 3.8) is 0 Å². The molecular formula is C14H16O2. The first kappa shape index (κ1) is 11.1. The van der Waals surface area contributed by atoms with Crippen LogP contribution in [0.4, 0.5) is 0 Å². The summed E-state index contributed by atoms with van der Waals surface area (Å²) in [6, 6.07) is 7.69. The van der Waals surface area contributed by atoms with Gasteiger partial charge in [0.15, 0.2) is 5.78 Å². The molecule has 1 aromatic carbocycles. The molecule has 1 aliphatic rings. The molecule has 1 aromatic rings. The summed E-state index contributed by atoms with van der Waals surface area (Å²) >= 11 is 0. The number of carbonyl (C=O) groups excluding carboxylic acids is 2. The highest BCUT2D eigenvalue weighted by molar-refractivity contribution is 5.94. The van der Waals surface area contributed by atoms with Crippen molar-refractivity contribution in [3.8, 4) is 0 Å². The lowest BCUT2D eigenvalue weighted by atomic mass is 9.83. The zero-order valence-corrected chi connectivity index (χ0v) is 9.53. The molecule has 0 unspecified atom stereocenters. The molecule has 0 saturated heterocycles. The molecule has 16 heavy (non-hydrogen) atoms. The first-order chi connectivity index (χ1) is 7.66. The van der Waals surface area contributed by atoms with Gasteiger partial charge in [-0.1, -0.05) is 24.3 Å². The van der Waals surface area contributed by atoms with Crippen molar-refractivity contribution in [1.29, 1.82) is 0 Å². The van der Waals surface area contributed by atoms with Crippen LogP contribution in [0.5, 0.6) is 0 Å². The van der Waals surface area contributed by atoms with Crippen LogP contribution >= 0.6 is 0 Å². The lowest BCUT2D eigenvalue weighted by molar-refractivity contribution is -0.120. The van der Waals surface area contributed by atoms with E-state index in [1.165, 1.54) is 5.56 Å². The standard InChI is InChI=1S/C14H16O2/c1-10(15)11-5-7-12(8-6-11)13-3-2-4-14(16)9-13/h5-8,13H,2-4,9H2,1H3/t13-/m1/s1. The van der Waals surface area contributed by atoms with Crippen LogP contribution in [0, 0.1) is 0 Å². The van der Waals surface area contributed by atoms with E-state index >= 15 is 0 Å². The van der Waals surface area contributed by atoms with E-state index in [2.05, 4.69) is 0 Å². The number of hydrogen-bond donors (Lipinski definition) is 0. The van der Waals surface area contributed by atoms with Crippen molar-refractivity contribution >= 4 is 11.6 Å². The molecule has 0 bridgehead atoms. The number of ketones is 2. The second-order valence-corrected chi connectivity index (χ2v) is 4.51. The van der Waals surface area contributed by atoms with Crippen molar-refractivity contribution < 1.29 is 9.59 Å². The Balaban J connectivity index is 2.14. The zero-order valence-electron chi connectivity index (χ0n) is 9.53. The van der Waals surface area contributed by atoms with E-state index in [1.807, 2.05) is 24.3 Å². The lowest BCUT2D eigenvalue weighted by Crippen LogP contribution is -2.13. The summed E-state index contributed by atoms with van der Waals surface area (Å²) in [6.45, 7) is 1.57. The van der Waals surface area contributed by atoms with E-state index in [0.717, 1.165) is 24.8 Å². The molecule has 0 spiro atoms. The third kappa shape index (κ3) is 2.38. The van der Waals surface area contributed by atoms with Crippen LogP contribution in [0.1, 0.15) is 54.4 Å². The zero-order chi connectivity index (χ0) is 11.5. The average molecular weight is 216 g/mol. The SMILES string of the molecule is CC(=O)c1ccc([C@@H]2CCCC(=O)C2)cc1. The van der Waals surface area contributed by atoms with Gasteiger partial charge in [0, 0.05) is 18.4 Å². The van der Waals surface area contributed by atoms with Gasteiger partial charge in [-0.15, -0.1) is 0 Å². The average Bonchev–Trinajstić information content (AvgIpc) is 2.29. The normalized spacial score (nSPS) is 20.8. The van der Waals surface area contributed by atoms with E-state index in [0.29, 0.717) is 18.1 Å². The van der Waals surface area contributed by atoms with Crippen molar-refractivity contribution in [2.24, 2.45) is 0 Å². The van der Waals surface area contributed by atoms with Gasteiger partial charge in [0.1, 0.15) is 5.78 Å². The van der Waals surface area contributed by atoms with E-state index in [9.17, 15) is 9.59 Å².